The Hall–Kier alpha value is -2.18. The number of hydrogen-bond acceptors (Lipinski definition) is 3. The minimum absolute atomic E-state index is 0.00192. The molecule has 2 amide bonds. The quantitative estimate of drug-likeness (QED) is 0.243. The zero-order valence-electron chi connectivity index (χ0n) is 20.9. The van der Waals surface area contributed by atoms with Crippen molar-refractivity contribution in [2.24, 2.45) is 0 Å². The van der Waals surface area contributed by atoms with Crippen LogP contribution in [0.25, 0.3) is 0 Å². The lowest BCUT2D eigenvalue weighted by molar-refractivity contribution is -0.139. The van der Waals surface area contributed by atoms with Crippen molar-refractivity contribution in [3.05, 3.63) is 105 Å². The van der Waals surface area contributed by atoms with Crippen molar-refractivity contribution in [3.63, 3.8) is 0 Å². The van der Waals surface area contributed by atoms with Gasteiger partial charge in [0, 0.05) is 29.8 Å². The van der Waals surface area contributed by atoms with Gasteiger partial charge in [-0.15, -0.1) is 11.8 Å². The van der Waals surface area contributed by atoms with Gasteiger partial charge in [0.2, 0.25) is 11.8 Å². The smallest absolute Gasteiger partial charge is 0.243 e. The lowest BCUT2D eigenvalue weighted by Crippen LogP contribution is -2.52. The zero-order valence-corrected chi connectivity index (χ0v) is 24.0. The fourth-order valence-corrected chi connectivity index (χ4v) is 5.19. The van der Waals surface area contributed by atoms with Gasteiger partial charge in [-0.1, -0.05) is 90.3 Å². The van der Waals surface area contributed by atoms with Gasteiger partial charge in [-0.05, 0) is 54.3 Å². The number of hydrogen-bond donors (Lipinski definition) is 1. The van der Waals surface area contributed by atoms with Crippen LogP contribution in [0.5, 0.6) is 0 Å². The van der Waals surface area contributed by atoms with Crippen LogP contribution in [0.15, 0.2) is 72.8 Å². The first kappa shape index (κ1) is 29.4. The van der Waals surface area contributed by atoms with E-state index in [1.54, 1.807) is 17.0 Å². The van der Waals surface area contributed by atoms with E-state index in [0.717, 1.165) is 23.1 Å². The van der Waals surface area contributed by atoms with Crippen LogP contribution in [0, 0.1) is 0 Å². The molecule has 0 unspecified atom stereocenters. The Labute approximate surface area is 238 Å². The summed E-state index contributed by atoms with van der Waals surface area (Å²) >= 11 is 19.9. The van der Waals surface area contributed by atoms with Crippen LogP contribution in [0.2, 0.25) is 15.1 Å². The van der Waals surface area contributed by atoms with Crippen LogP contribution in [-0.4, -0.2) is 34.6 Å². The van der Waals surface area contributed by atoms with E-state index in [0.29, 0.717) is 27.2 Å². The second-order valence-corrected chi connectivity index (χ2v) is 11.2. The van der Waals surface area contributed by atoms with E-state index in [9.17, 15) is 9.59 Å². The molecule has 3 rings (SSSR count). The maximum atomic E-state index is 13.7. The highest BCUT2D eigenvalue weighted by atomic mass is 35.5. The zero-order chi connectivity index (χ0) is 26.8. The van der Waals surface area contributed by atoms with Crippen molar-refractivity contribution in [1.82, 2.24) is 10.2 Å². The highest BCUT2D eigenvalue weighted by Gasteiger charge is 2.31. The van der Waals surface area contributed by atoms with Crippen molar-refractivity contribution in [2.45, 2.75) is 51.1 Å². The molecule has 196 valence electrons. The van der Waals surface area contributed by atoms with E-state index >= 15 is 0 Å². The Morgan fingerprint density at radius 1 is 0.892 bits per heavy atom. The van der Waals surface area contributed by atoms with Gasteiger partial charge in [0.15, 0.2) is 0 Å². The summed E-state index contributed by atoms with van der Waals surface area (Å²) in [5, 5.41) is 4.65. The molecular weight excluding hydrogens is 547 g/mol. The molecule has 0 fully saturated rings. The standard InChI is InChI=1S/C29H31Cl3N2O2S/c1-3-20(2)33-29(36)27(16-21-8-5-4-6-9-21)34(17-22-10-7-11-24(30)14-22)28(35)19-37-18-23-12-13-25(31)26(32)15-23/h4-15,20,27H,3,16-19H2,1-2H3,(H,33,36)/t20-,27-/m0/s1. The number of benzene rings is 3. The highest BCUT2D eigenvalue weighted by Crippen LogP contribution is 2.25. The first-order valence-electron chi connectivity index (χ1n) is 12.2. The average Bonchev–Trinajstić information content (AvgIpc) is 2.88. The topological polar surface area (TPSA) is 49.4 Å². The second-order valence-electron chi connectivity index (χ2n) is 8.92. The Morgan fingerprint density at radius 3 is 2.30 bits per heavy atom. The number of thioether (sulfide) groups is 1. The molecule has 3 aromatic carbocycles. The average molecular weight is 578 g/mol. The van der Waals surface area contributed by atoms with E-state index < -0.39 is 6.04 Å². The molecule has 37 heavy (non-hydrogen) atoms. The van der Waals surface area contributed by atoms with Crippen molar-refractivity contribution in [1.29, 1.82) is 0 Å². The second kappa shape index (κ2) is 14.7. The SMILES string of the molecule is CC[C@H](C)NC(=O)[C@H](Cc1ccccc1)N(Cc1cccc(Cl)c1)C(=O)CSCc1ccc(Cl)c(Cl)c1. The summed E-state index contributed by atoms with van der Waals surface area (Å²) < 4.78 is 0. The van der Waals surface area contributed by atoms with Crippen molar-refractivity contribution < 1.29 is 9.59 Å². The number of carbonyl (C=O) groups is 2. The molecule has 0 aliphatic carbocycles. The summed E-state index contributed by atoms with van der Waals surface area (Å²) in [6.45, 7) is 4.26. The van der Waals surface area contributed by atoms with Gasteiger partial charge in [0.1, 0.15) is 6.04 Å². The van der Waals surface area contributed by atoms with Gasteiger partial charge in [0.05, 0.1) is 15.8 Å². The van der Waals surface area contributed by atoms with Gasteiger partial charge in [0.25, 0.3) is 0 Å². The molecule has 0 aromatic heterocycles. The number of halogens is 3. The van der Waals surface area contributed by atoms with Crippen molar-refractivity contribution >= 4 is 58.4 Å². The Bertz CT molecular complexity index is 1190. The molecule has 4 nitrogen and oxygen atoms in total. The Morgan fingerprint density at radius 2 is 1.62 bits per heavy atom. The van der Waals surface area contributed by atoms with Crippen LogP contribution in [0.3, 0.4) is 0 Å². The lowest BCUT2D eigenvalue weighted by Gasteiger charge is -2.32. The predicted octanol–water partition coefficient (Wildman–Crippen LogP) is 7.43. The molecule has 3 aromatic rings. The van der Waals surface area contributed by atoms with Crippen LogP contribution >= 0.6 is 46.6 Å². The van der Waals surface area contributed by atoms with E-state index in [-0.39, 0.29) is 30.2 Å². The molecule has 0 aliphatic heterocycles. The molecule has 1 N–H and O–H groups in total. The number of nitrogens with one attached hydrogen (secondary N) is 1. The molecule has 0 radical (unpaired) electrons. The summed E-state index contributed by atoms with van der Waals surface area (Å²) in [5.41, 5.74) is 2.83. The third kappa shape index (κ3) is 9.26. The molecule has 8 heteroatoms. The molecule has 0 spiro atoms. The maximum absolute atomic E-state index is 13.7. The van der Waals surface area contributed by atoms with E-state index in [1.807, 2.05) is 74.5 Å². The highest BCUT2D eigenvalue weighted by molar-refractivity contribution is 7.99. The minimum Gasteiger partial charge on any atom is -0.352 e. The third-order valence-corrected chi connectivity index (χ3v) is 7.96. The Balaban J connectivity index is 1.85. The van der Waals surface area contributed by atoms with E-state index in [4.69, 9.17) is 34.8 Å². The minimum atomic E-state index is -0.673. The van der Waals surface area contributed by atoms with Gasteiger partial charge in [-0.3, -0.25) is 9.59 Å². The van der Waals surface area contributed by atoms with Crippen molar-refractivity contribution in [3.8, 4) is 0 Å². The summed E-state index contributed by atoms with van der Waals surface area (Å²) in [4.78, 5) is 28.9. The van der Waals surface area contributed by atoms with Gasteiger partial charge in [-0.25, -0.2) is 0 Å². The van der Waals surface area contributed by atoms with Crippen LogP contribution in [0.4, 0.5) is 0 Å². The molecule has 0 aliphatic rings. The molecule has 0 saturated heterocycles. The monoisotopic (exact) mass is 576 g/mol. The summed E-state index contributed by atoms with van der Waals surface area (Å²) in [7, 11) is 0. The maximum Gasteiger partial charge on any atom is 0.243 e. The van der Waals surface area contributed by atoms with Crippen LogP contribution in [-0.2, 0) is 28.3 Å². The predicted molar refractivity (Wildman–Crippen MR) is 156 cm³/mol. The molecule has 2 atom stereocenters. The fraction of sp³-hybridized carbons (Fsp3) is 0.310. The Kier molecular flexibility index (Phi) is 11.7. The largest absolute Gasteiger partial charge is 0.352 e. The third-order valence-electron chi connectivity index (χ3n) is 5.99. The first-order chi connectivity index (χ1) is 17.8. The number of nitrogens with zero attached hydrogens (tertiary/aromatic N) is 1. The fourth-order valence-electron chi connectivity index (χ4n) is 3.80. The van der Waals surface area contributed by atoms with Gasteiger partial charge in [-0.2, -0.15) is 0 Å². The van der Waals surface area contributed by atoms with Crippen LogP contribution in [0.1, 0.15) is 37.0 Å². The number of carbonyl (C=O) groups excluding carboxylic acids is 2. The van der Waals surface area contributed by atoms with E-state index in [2.05, 4.69) is 5.32 Å². The molecule has 0 heterocycles. The first-order valence-corrected chi connectivity index (χ1v) is 14.5. The van der Waals surface area contributed by atoms with Crippen molar-refractivity contribution in [2.75, 3.05) is 5.75 Å². The number of amides is 2. The van der Waals surface area contributed by atoms with E-state index in [1.165, 1.54) is 11.8 Å². The normalized spacial score (nSPS) is 12.6. The lowest BCUT2D eigenvalue weighted by atomic mass is 10.0. The molecular formula is C29H31Cl3N2O2S. The summed E-state index contributed by atoms with van der Waals surface area (Å²) in [5.74, 6) is 0.520. The van der Waals surface area contributed by atoms with Gasteiger partial charge >= 0.3 is 0 Å². The van der Waals surface area contributed by atoms with Crippen LogP contribution < -0.4 is 5.32 Å². The summed E-state index contributed by atoms with van der Waals surface area (Å²) in [6.07, 6.45) is 1.21. The number of rotatable bonds is 12. The molecule has 0 saturated carbocycles. The summed E-state index contributed by atoms with van der Waals surface area (Å²) in [6, 6.07) is 21.9. The van der Waals surface area contributed by atoms with Gasteiger partial charge < -0.3 is 10.2 Å². The molecule has 0 bridgehead atoms.